The molecule has 14 heavy (non-hydrogen) atoms. The molecular weight excluding hydrogens is 176 g/mol. The molecule has 0 aromatic rings. The average molecular weight is 200 g/mol. The van der Waals surface area contributed by atoms with Crippen LogP contribution >= 0.6 is 0 Å². The van der Waals surface area contributed by atoms with Crippen molar-refractivity contribution in [3.05, 3.63) is 0 Å². The molecule has 0 saturated carbocycles. The van der Waals surface area contributed by atoms with Crippen molar-refractivity contribution in [2.75, 3.05) is 19.6 Å². The Hall–Kier alpha value is -0.570. The molecule has 1 unspecified atom stereocenters. The maximum atomic E-state index is 10.7. The smallest absolute Gasteiger partial charge is 0.216 e. The van der Waals surface area contributed by atoms with Gasteiger partial charge in [0.15, 0.2) is 0 Å². The summed E-state index contributed by atoms with van der Waals surface area (Å²) >= 11 is 0. The van der Waals surface area contributed by atoms with Gasteiger partial charge in [-0.1, -0.05) is 13.8 Å². The lowest BCUT2D eigenvalue weighted by Crippen LogP contribution is -2.39. The van der Waals surface area contributed by atoms with E-state index in [0.717, 1.165) is 19.6 Å². The molecule has 0 spiro atoms. The topological polar surface area (TPSA) is 32.3 Å². The third-order valence-corrected chi connectivity index (χ3v) is 2.50. The lowest BCUT2D eigenvalue weighted by atomic mass is 10.2. The number of nitrogens with zero attached hydrogens (tertiary/aromatic N) is 1. The maximum absolute atomic E-state index is 10.7. The van der Waals surface area contributed by atoms with Crippen LogP contribution in [0.2, 0.25) is 0 Å². The van der Waals surface area contributed by atoms with Crippen molar-refractivity contribution in [2.24, 2.45) is 0 Å². The van der Waals surface area contributed by atoms with E-state index in [2.05, 4.69) is 31.0 Å². The van der Waals surface area contributed by atoms with E-state index in [-0.39, 0.29) is 5.91 Å². The molecule has 0 aliphatic heterocycles. The van der Waals surface area contributed by atoms with Crippen LogP contribution in [0.5, 0.6) is 0 Å². The number of carbonyl (C=O) groups excluding carboxylic acids is 1. The van der Waals surface area contributed by atoms with Gasteiger partial charge in [-0.25, -0.2) is 0 Å². The molecule has 0 heterocycles. The van der Waals surface area contributed by atoms with Gasteiger partial charge in [0.1, 0.15) is 0 Å². The fourth-order valence-electron chi connectivity index (χ4n) is 1.47. The van der Waals surface area contributed by atoms with Gasteiger partial charge in [0.25, 0.3) is 0 Å². The molecule has 0 fully saturated rings. The summed E-state index contributed by atoms with van der Waals surface area (Å²) in [6, 6.07) is 0.615. The second-order valence-corrected chi connectivity index (χ2v) is 3.78. The largest absolute Gasteiger partial charge is 0.355 e. The van der Waals surface area contributed by atoms with Crippen molar-refractivity contribution in [3.8, 4) is 0 Å². The van der Waals surface area contributed by atoms with E-state index in [1.807, 2.05) is 0 Å². The minimum absolute atomic E-state index is 0.0607. The summed E-state index contributed by atoms with van der Waals surface area (Å²) < 4.78 is 0. The van der Waals surface area contributed by atoms with Crippen LogP contribution in [0.3, 0.4) is 0 Å². The molecule has 0 rings (SSSR count). The van der Waals surface area contributed by atoms with E-state index in [4.69, 9.17) is 0 Å². The predicted molar refractivity (Wildman–Crippen MR) is 60.3 cm³/mol. The van der Waals surface area contributed by atoms with Gasteiger partial charge in [0.05, 0.1) is 0 Å². The van der Waals surface area contributed by atoms with Gasteiger partial charge in [-0.2, -0.15) is 0 Å². The van der Waals surface area contributed by atoms with Crippen molar-refractivity contribution < 1.29 is 4.79 Å². The summed E-state index contributed by atoms with van der Waals surface area (Å²) in [5, 5.41) is 2.83. The second-order valence-electron chi connectivity index (χ2n) is 3.78. The molecular formula is C11H24N2O. The fraction of sp³-hybridized carbons (Fsp3) is 0.909. The summed E-state index contributed by atoms with van der Waals surface area (Å²) in [6.45, 7) is 11.0. The number of nitrogens with one attached hydrogen (secondary N) is 1. The Labute approximate surface area is 87.9 Å². The molecule has 0 saturated heterocycles. The first-order chi connectivity index (χ1) is 6.61. The predicted octanol–water partition coefficient (Wildman–Crippen LogP) is 1.63. The van der Waals surface area contributed by atoms with Crippen LogP contribution in [0, 0.1) is 0 Å². The molecule has 0 radical (unpaired) electrons. The van der Waals surface area contributed by atoms with Gasteiger partial charge in [-0.05, 0) is 26.3 Å². The summed E-state index contributed by atoms with van der Waals surface area (Å²) in [5.41, 5.74) is 0. The van der Waals surface area contributed by atoms with Crippen LogP contribution in [-0.4, -0.2) is 36.5 Å². The number of carbonyl (C=O) groups is 1. The summed E-state index contributed by atoms with van der Waals surface area (Å²) in [6.07, 6.45) is 2.34. The first kappa shape index (κ1) is 13.4. The molecule has 0 aromatic heterocycles. The lowest BCUT2D eigenvalue weighted by molar-refractivity contribution is -0.119. The fourth-order valence-corrected chi connectivity index (χ4v) is 1.47. The van der Waals surface area contributed by atoms with E-state index in [9.17, 15) is 4.79 Å². The molecule has 84 valence electrons. The van der Waals surface area contributed by atoms with Gasteiger partial charge in [0, 0.05) is 26.1 Å². The first-order valence-electron chi connectivity index (χ1n) is 5.60. The van der Waals surface area contributed by atoms with E-state index in [1.54, 1.807) is 6.92 Å². The summed E-state index contributed by atoms with van der Waals surface area (Å²) in [5.74, 6) is 0.0607. The minimum atomic E-state index is 0.0607. The molecule has 0 aliphatic rings. The van der Waals surface area contributed by atoms with Crippen molar-refractivity contribution >= 4 is 5.91 Å². The van der Waals surface area contributed by atoms with E-state index >= 15 is 0 Å². The van der Waals surface area contributed by atoms with Crippen molar-refractivity contribution in [3.63, 3.8) is 0 Å². The molecule has 0 bridgehead atoms. The quantitative estimate of drug-likeness (QED) is 0.677. The van der Waals surface area contributed by atoms with E-state index in [0.29, 0.717) is 6.04 Å². The van der Waals surface area contributed by atoms with Crippen LogP contribution < -0.4 is 5.32 Å². The van der Waals surface area contributed by atoms with Gasteiger partial charge in [-0.3, -0.25) is 9.69 Å². The van der Waals surface area contributed by atoms with Crippen LogP contribution in [0.4, 0.5) is 0 Å². The van der Waals surface area contributed by atoms with Crippen LogP contribution in [0.15, 0.2) is 0 Å². The standard InChI is InChI=1S/C11H24N2O/c1-5-8-13(10(3)6-2)9-7-12-11(4)14/h10H,5-9H2,1-4H3,(H,12,14). The third kappa shape index (κ3) is 5.97. The Kier molecular flexibility index (Phi) is 7.48. The van der Waals surface area contributed by atoms with Gasteiger partial charge < -0.3 is 5.32 Å². The molecule has 0 aromatic carbocycles. The maximum Gasteiger partial charge on any atom is 0.216 e. The Balaban J connectivity index is 3.78. The highest BCUT2D eigenvalue weighted by atomic mass is 16.1. The third-order valence-electron chi connectivity index (χ3n) is 2.50. The SMILES string of the molecule is CCCN(CCNC(C)=O)C(C)CC. The average Bonchev–Trinajstić information content (AvgIpc) is 2.15. The van der Waals surface area contributed by atoms with Crippen LogP contribution in [0.1, 0.15) is 40.5 Å². The Bertz CT molecular complexity index is 159. The number of amides is 1. The Morgan fingerprint density at radius 1 is 1.36 bits per heavy atom. The Morgan fingerprint density at radius 2 is 2.00 bits per heavy atom. The molecule has 0 aliphatic carbocycles. The summed E-state index contributed by atoms with van der Waals surface area (Å²) in [4.78, 5) is 13.1. The van der Waals surface area contributed by atoms with Crippen LogP contribution in [-0.2, 0) is 4.79 Å². The van der Waals surface area contributed by atoms with E-state index in [1.165, 1.54) is 12.8 Å². The van der Waals surface area contributed by atoms with Crippen molar-refractivity contribution in [1.29, 1.82) is 0 Å². The second kappa shape index (κ2) is 7.80. The van der Waals surface area contributed by atoms with Gasteiger partial charge >= 0.3 is 0 Å². The van der Waals surface area contributed by atoms with E-state index < -0.39 is 0 Å². The zero-order valence-corrected chi connectivity index (χ0v) is 9.97. The molecule has 1 amide bonds. The highest BCUT2D eigenvalue weighted by Gasteiger charge is 2.10. The summed E-state index contributed by atoms with van der Waals surface area (Å²) in [7, 11) is 0. The van der Waals surface area contributed by atoms with Crippen molar-refractivity contribution in [2.45, 2.75) is 46.6 Å². The highest BCUT2D eigenvalue weighted by molar-refractivity contribution is 5.72. The lowest BCUT2D eigenvalue weighted by Gasteiger charge is -2.27. The highest BCUT2D eigenvalue weighted by Crippen LogP contribution is 2.03. The minimum Gasteiger partial charge on any atom is -0.355 e. The number of hydrogen-bond donors (Lipinski definition) is 1. The molecule has 3 heteroatoms. The number of hydrogen-bond acceptors (Lipinski definition) is 2. The zero-order valence-electron chi connectivity index (χ0n) is 9.97. The van der Waals surface area contributed by atoms with Gasteiger partial charge in [-0.15, -0.1) is 0 Å². The van der Waals surface area contributed by atoms with Gasteiger partial charge in [0.2, 0.25) is 5.91 Å². The van der Waals surface area contributed by atoms with Crippen LogP contribution in [0.25, 0.3) is 0 Å². The van der Waals surface area contributed by atoms with Crippen molar-refractivity contribution in [1.82, 2.24) is 10.2 Å². The molecule has 3 nitrogen and oxygen atoms in total. The Morgan fingerprint density at radius 3 is 2.43 bits per heavy atom. The monoisotopic (exact) mass is 200 g/mol. The first-order valence-corrected chi connectivity index (χ1v) is 5.60. The zero-order chi connectivity index (χ0) is 11.0. The normalized spacial score (nSPS) is 12.9. The molecule has 1 N–H and O–H groups in total. The number of rotatable bonds is 7. The molecule has 1 atom stereocenters.